The van der Waals surface area contributed by atoms with Crippen molar-refractivity contribution in [3.05, 3.63) is 0 Å². The number of hydrogen-bond donors (Lipinski definition) is 1. The molecule has 3 aliphatic rings. The Morgan fingerprint density at radius 3 is 2.75 bits per heavy atom. The Hall–Kier alpha value is -0.120. The topological polar surface area (TPSA) is 32.5 Å². The fraction of sp³-hybridized carbons (Fsp3) is 1.00. The first kappa shape index (κ1) is 14.8. The van der Waals surface area contributed by atoms with Crippen LogP contribution in [0, 0.1) is 11.8 Å². The van der Waals surface area contributed by atoms with Gasteiger partial charge in [0.15, 0.2) is 0 Å². The van der Waals surface area contributed by atoms with Crippen molar-refractivity contribution in [2.75, 3.05) is 26.2 Å². The molecule has 3 saturated heterocycles. The van der Waals surface area contributed by atoms with Crippen LogP contribution in [0.4, 0.5) is 0 Å². The second kappa shape index (κ2) is 5.58. The van der Waals surface area contributed by atoms with Crippen molar-refractivity contribution in [1.82, 2.24) is 9.80 Å². The molecule has 0 aromatic heterocycles. The van der Waals surface area contributed by atoms with Gasteiger partial charge in [-0.05, 0) is 57.4 Å². The fourth-order valence-corrected chi connectivity index (χ4v) is 5.22. The number of rotatable bonds is 2. The summed E-state index contributed by atoms with van der Waals surface area (Å²) >= 11 is 0. The van der Waals surface area contributed by atoms with Gasteiger partial charge in [-0.2, -0.15) is 0 Å². The SMILES string of the molecule is CC1CC(C)C(C)N(C2(CN)CCN3CCCC3C2)C1. The molecule has 0 radical (unpaired) electrons. The molecule has 116 valence electrons. The summed E-state index contributed by atoms with van der Waals surface area (Å²) in [7, 11) is 0. The minimum atomic E-state index is 0.286. The molecule has 3 heterocycles. The predicted octanol–water partition coefficient (Wildman–Crippen LogP) is 2.31. The Labute approximate surface area is 124 Å². The fourth-order valence-electron chi connectivity index (χ4n) is 5.22. The lowest BCUT2D eigenvalue weighted by Gasteiger charge is -2.56. The van der Waals surface area contributed by atoms with Crippen molar-refractivity contribution in [1.29, 1.82) is 0 Å². The molecule has 0 aromatic carbocycles. The Bertz CT molecular complexity index is 345. The van der Waals surface area contributed by atoms with E-state index in [1.165, 1.54) is 51.7 Å². The summed E-state index contributed by atoms with van der Waals surface area (Å²) in [6.45, 7) is 12.0. The zero-order valence-electron chi connectivity index (χ0n) is 13.6. The van der Waals surface area contributed by atoms with Crippen LogP contribution in [0.2, 0.25) is 0 Å². The van der Waals surface area contributed by atoms with E-state index in [0.29, 0.717) is 6.04 Å². The first-order valence-electron chi connectivity index (χ1n) is 8.76. The summed E-state index contributed by atoms with van der Waals surface area (Å²) in [5.74, 6) is 1.63. The maximum atomic E-state index is 6.34. The van der Waals surface area contributed by atoms with Crippen LogP contribution in [0.15, 0.2) is 0 Å². The van der Waals surface area contributed by atoms with Gasteiger partial charge in [-0.1, -0.05) is 13.8 Å². The molecule has 5 unspecified atom stereocenters. The monoisotopic (exact) mass is 279 g/mol. The molecule has 3 aliphatic heterocycles. The molecule has 5 atom stereocenters. The van der Waals surface area contributed by atoms with Gasteiger partial charge >= 0.3 is 0 Å². The molecule has 0 saturated carbocycles. The van der Waals surface area contributed by atoms with Crippen molar-refractivity contribution in [2.24, 2.45) is 17.6 Å². The first-order valence-corrected chi connectivity index (χ1v) is 8.76. The zero-order chi connectivity index (χ0) is 14.3. The van der Waals surface area contributed by atoms with E-state index in [9.17, 15) is 0 Å². The lowest BCUT2D eigenvalue weighted by atomic mass is 9.76. The Kier molecular flexibility index (Phi) is 4.13. The molecule has 3 heteroatoms. The second-order valence-corrected chi connectivity index (χ2v) is 7.93. The summed E-state index contributed by atoms with van der Waals surface area (Å²) in [4.78, 5) is 5.54. The number of likely N-dealkylation sites (tertiary alicyclic amines) is 1. The van der Waals surface area contributed by atoms with E-state index >= 15 is 0 Å². The highest BCUT2D eigenvalue weighted by Gasteiger charge is 2.47. The summed E-state index contributed by atoms with van der Waals surface area (Å²) < 4.78 is 0. The highest BCUT2D eigenvalue weighted by atomic mass is 15.3. The molecular weight excluding hydrogens is 246 g/mol. The molecule has 0 spiro atoms. The van der Waals surface area contributed by atoms with Gasteiger partial charge in [0.2, 0.25) is 0 Å². The van der Waals surface area contributed by atoms with Gasteiger partial charge in [0.1, 0.15) is 0 Å². The van der Waals surface area contributed by atoms with E-state index in [1.807, 2.05) is 0 Å². The number of nitrogens with zero attached hydrogens (tertiary/aromatic N) is 2. The first-order chi connectivity index (χ1) is 9.55. The van der Waals surface area contributed by atoms with Crippen molar-refractivity contribution >= 4 is 0 Å². The van der Waals surface area contributed by atoms with Crippen LogP contribution < -0.4 is 5.73 Å². The van der Waals surface area contributed by atoms with Crippen molar-refractivity contribution < 1.29 is 0 Å². The van der Waals surface area contributed by atoms with Crippen LogP contribution in [-0.4, -0.2) is 53.6 Å². The van der Waals surface area contributed by atoms with Gasteiger partial charge in [-0.25, -0.2) is 0 Å². The zero-order valence-corrected chi connectivity index (χ0v) is 13.6. The van der Waals surface area contributed by atoms with Crippen LogP contribution in [-0.2, 0) is 0 Å². The Morgan fingerprint density at radius 1 is 1.20 bits per heavy atom. The van der Waals surface area contributed by atoms with E-state index in [0.717, 1.165) is 24.4 Å². The van der Waals surface area contributed by atoms with Gasteiger partial charge in [0.25, 0.3) is 0 Å². The lowest BCUT2D eigenvalue weighted by molar-refractivity contribution is -0.0563. The average Bonchev–Trinajstić information content (AvgIpc) is 2.89. The van der Waals surface area contributed by atoms with Gasteiger partial charge in [0, 0.05) is 37.3 Å². The van der Waals surface area contributed by atoms with Crippen molar-refractivity contribution in [2.45, 2.75) is 70.5 Å². The van der Waals surface area contributed by atoms with E-state index in [1.54, 1.807) is 0 Å². The van der Waals surface area contributed by atoms with Gasteiger partial charge in [-0.3, -0.25) is 4.90 Å². The third-order valence-corrected chi connectivity index (χ3v) is 6.57. The second-order valence-electron chi connectivity index (χ2n) is 7.93. The quantitative estimate of drug-likeness (QED) is 0.842. The molecule has 0 bridgehead atoms. The molecule has 0 aliphatic carbocycles. The summed E-state index contributed by atoms with van der Waals surface area (Å²) in [6.07, 6.45) is 6.77. The Balaban J connectivity index is 1.80. The number of nitrogens with two attached hydrogens (primary N) is 1. The van der Waals surface area contributed by atoms with Crippen LogP contribution in [0.5, 0.6) is 0 Å². The molecule has 0 amide bonds. The molecule has 20 heavy (non-hydrogen) atoms. The standard InChI is InChI=1S/C17H33N3/c1-13-9-14(2)15(3)20(11-13)17(12-18)6-8-19-7-4-5-16(19)10-17/h13-16H,4-12,18H2,1-3H3. The Morgan fingerprint density at radius 2 is 2.00 bits per heavy atom. The summed E-state index contributed by atoms with van der Waals surface area (Å²) in [5, 5.41) is 0. The summed E-state index contributed by atoms with van der Waals surface area (Å²) in [5.41, 5.74) is 6.63. The number of fused-ring (bicyclic) bond motifs is 1. The molecule has 3 fully saturated rings. The van der Waals surface area contributed by atoms with E-state index in [-0.39, 0.29) is 5.54 Å². The highest BCUT2D eigenvalue weighted by molar-refractivity contribution is 5.04. The number of hydrogen-bond acceptors (Lipinski definition) is 3. The lowest BCUT2D eigenvalue weighted by Crippen LogP contribution is -2.66. The minimum absolute atomic E-state index is 0.286. The average molecular weight is 279 g/mol. The van der Waals surface area contributed by atoms with E-state index in [2.05, 4.69) is 30.6 Å². The van der Waals surface area contributed by atoms with Gasteiger partial charge in [-0.15, -0.1) is 0 Å². The predicted molar refractivity (Wildman–Crippen MR) is 84.7 cm³/mol. The minimum Gasteiger partial charge on any atom is -0.329 e. The maximum Gasteiger partial charge on any atom is 0.0361 e. The van der Waals surface area contributed by atoms with Crippen molar-refractivity contribution in [3.8, 4) is 0 Å². The van der Waals surface area contributed by atoms with Gasteiger partial charge < -0.3 is 10.6 Å². The number of piperidine rings is 2. The molecule has 3 rings (SSSR count). The summed E-state index contributed by atoms with van der Waals surface area (Å²) in [6, 6.07) is 1.51. The highest BCUT2D eigenvalue weighted by Crippen LogP contribution is 2.41. The molecule has 0 aromatic rings. The van der Waals surface area contributed by atoms with Crippen molar-refractivity contribution in [3.63, 3.8) is 0 Å². The van der Waals surface area contributed by atoms with Gasteiger partial charge in [0.05, 0.1) is 0 Å². The van der Waals surface area contributed by atoms with E-state index < -0.39 is 0 Å². The van der Waals surface area contributed by atoms with E-state index in [4.69, 9.17) is 5.73 Å². The third-order valence-electron chi connectivity index (χ3n) is 6.57. The maximum absolute atomic E-state index is 6.34. The largest absolute Gasteiger partial charge is 0.329 e. The van der Waals surface area contributed by atoms with Crippen LogP contribution in [0.3, 0.4) is 0 Å². The van der Waals surface area contributed by atoms with Crippen LogP contribution in [0.25, 0.3) is 0 Å². The molecular formula is C17H33N3. The molecule has 2 N–H and O–H groups in total. The van der Waals surface area contributed by atoms with Crippen LogP contribution >= 0.6 is 0 Å². The van der Waals surface area contributed by atoms with Crippen LogP contribution in [0.1, 0.15) is 52.9 Å². The smallest absolute Gasteiger partial charge is 0.0361 e. The normalized spacial score (nSPS) is 47.4. The molecule has 3 nitrogen and oxygen atoms in total. The third kappa shape index (κ3) is 2.42.